The number of rotatable bonds is 5. The van der Waals surface area contributed by atoms with Crippen LogP contribution in [-0.4, -0.2) is 47.3 Å². The Kier molecular flexibility index (Phi) is 4.47. The second-order valence-electron chi connectivity index (χ2n) is 8.10. The molecule has 0 atom stereocenters. The Morgan fingerprint density at radius 1 is 1.27 bits per heavy atom. The van der Waals surface area contributed by atoms with E-state index in [1.54, 1.807) is 30.7 Å². The number of nitrogens with one attached hydrogen (secondary N) is 1. The van der Waals surface area contributed by atoms with Gasteiger partial charge in [0.1, 0.15) is 17.0 Å². The number of hydrogen-bond donors (Lipinski definition) is 1. The van der Waals surface area contributed by atoms with Gasteiger partial charge in [0.2, 0.25) is 5.43 Å². The maximum Gasteiger partial charge on any atom is 0.343 e. The van der Waals surface area contributed by atoms with Crippen molar-refractivity contribution < 1.29 is 13.9 Å². The Bertz CT molecular complexity index is 1230. The van der Waals surface area contributed by atoms with E-state index in [1.165, 1.54) is 25.1 Å². The fraction of sp³-hybridized carbons (Fsp3) is 0.409. The SMILES string of the molecule is CCOC(=O)c1cn(C)c2nc3cc(N4CC(NC5CC5)C4)c(F)cc3cc2c1=O. The summed E-state index contributed by atoms with van der Waals surface area (Å²) < 4.78 is 21.4. The van der Waals surface area contributed by atoms with Crippen LogP contribution in [0.4, 0.5) is 10.1 Å². The molecular formula is C22H23FN4O3. The first kappa shape index (κ1) is 19.0. The van der Waals surface area contributed by atoms with Gasteiger partial charge in [-0.15, -0.1) is 0 Å². The number of aryl methyl sites for hydroxylation is 1. The Morgan fingerprint density at radius 3 is 2.73 bits per heavy atom. The second-order valence-corrected chi connectivity index (χ2v) is 8.10. The first-order chi connectivity index (χ1) is 14.4. The van der Waals surface area contributed by atoms with E-state index in [9.17, 15) is 14.0 Å². The van der Waals surface area contributed by atoms with Gasteiger partial charge in [0.25, 0.3) is 0 Å². The van der Waals surface area contributed by atoms with Gasteiger partial charge in [-0.1, -0.05) is 0 Å². The Morgan fingerprint density at radius 2 is 2.03 bits per heavy atom. The zero-order chi connectivity index (χ0) is 21.0. The molecule has 1 saturated carbocycles. The van der Waals surface area contributed by atoms with Gasteiger partial charge in [-0.25, -0.2) is 14.2 Å². The minimum Gasteiger partial charge on any atom is -0.462 e. The van der Waals surface area contributed by atoms with Gasteiger partial charge in [0.15, 0.2) is 0 Å². The summed E-state index contributed by atoms with van der Waals surface area (Å²) in [5.74, 6) is -1.01. The largest absolute Gasteiger partial charge is 0.462 e. The third kappa shape index (κ3) is 3.21. The number of fused-ring (bicyclic) bond motifs is 2. The van der Waals surface area contributed by atoms with Crippen molar-refractivity contribution in [3.63, 3.8) is 0 Å². The summed E-state index contributed by atoms with van der Waals surface area (Å²) in [5.41, 5.74) is 1.06. The first-order valence-corrected chi connectivity index (χ1v) is 10.3. The third-order valence-electron chi connectivity index (χ3n) is 5.78. The average Bonchev–Trinajstić information content (AvgIpc) is 3.50. The molecule has 0 amide bonds. The van der Waals surface area contributed by atoms with Crippen molar-refractivity contribution >= 4 is 33.6 Å². The van der Waals surface area contributed by atoms with E-state index in [1.807, 2.05) is 4.90 Å². The van der Waals surface area contributed by atoms with Gasteiger partial charge in [-0.05, 0) is 38.0 Å². The molecule has 0 radical (unpaired) electrons. The van der Waals surface area contributed by atoms with Crippen LogP contribution in [0.15, 0.2) is 29.2 Å². The summed E-state index contributed by atoms with van der Waals surface area (Å²) in [7, 11) is 1.72. The summed E-state index contributed by atoms with van der Waals surface area (Å²) in [6.45, 7) is 3.40. The number of benzene rings is 1. The lowest BCUT2D eigenvalue weighted by atomic mass is 10.1. The van der Waals surface area contributed by atoms with Crippen LogP contribution in [-0.2, 0) is 11.8 Å². The lowest BCUT2D eigenvalue weighted by molar-refractivity contribution is 0.0524. The Labute approximate surface area is 172 Å². The third-order valence-corrected chi connectivity index (χ3v) is 5.78. The molecule has 0 bridgehead atoms. The van der Waals surface area contributed by atoms with E-state index in [-0.39, 0.29) is 23.4 Å². The minimum atomic E-state index is -0.672. The summed E-state index contributed by atoms with van der Waals surface area (Å²) in [4.78, 5) is 31.5. The van der Waals surface area contributed by atoms with Gasteiger partial charge in [0.05, 0.1) is 23.2 Å². The summed E-state index contributed by atoms with van der Waals surface area (Å²) >= 11 is 0. The molecule has 30 heavy (non-hydrogen) atoms. The Hall–Kier alpha value is -3.00. The molecule has 2 aromatic heterocycles. The van der Waals surface area contributed by atoms with Crippen LogP contribution in [0.5, 0.6) is 0 Å². The number of pyridine rings is 2. The molecule has 8 heteroatoms. The number of aromatic nitrogens is 2. The van der Waals surface area contributed by atoms with E-state index in [2.05, 4.69) is 10.3 Å². The molecule has 3 aromatic rings. The molecule has 1 aromatic carbocycles. The number of anilines is 1. The van der Waals surface area contributed by atoms with E-state index < -0.39 is 11.4 Å². The van der Waals surface area contributed by atoms with Crippen LogP contribution in [0.1, 0.15) is 30.1 Å². The highest BCUT2D eigenvalue weighted by Crippen LogP contribution is 2.31. The van der Waals surface area contributed by atoms with Crippen LogP contribution >= 0.6 is 0 Å². The van der Waals surface area contributed by atoms with Gasteiger partial charge >= 0.3 is 5.97 Å². The molecule has 7 nitrogen and oxygen atoms in total. The molecule has 1 aliphatic carbocycles. The van der Waals surface area contributed by atoms with E-state index in [0.29, 0.717) is 34.3 Å². The molecule has 2 fully saturated rings. The maximum absolute atomic E-state index is 14.8. The number of esters is 1. The molecular weight excluding hydrogens is 387 g/mol. The van der Waals surface area contributed by atoms with Gasteiger partial charge < -0.3 is 19.5 Å². The van der Waals surface area contributed by atoms with E-state index in [0.717, 1.165) is 13.1 Å². The van der Waals surface area contributed by atoms with Crippen LogP contribution in [0.2, 0.25) is 0 Å². The zero-order valence-electron chi connectivity index (χ0n) is 16.9. The number of carbonyl (C=O) groups is 1. The standard InChI is InChI=1S/C22H23FN4O3/c1-3-30-22(29)16-11-26(2)21-15(20(16)28)6-12-7-17(23)19(8-18(12)25-21)27-9-14(10-27)24-13-4-5-13/h6-8,11,13-14,24H,3-5,9-10H2,1-2H3. The summed E-state index contributed by atoms with van der Waals surface area (Å²) in [6, 6.07) is 5.78. The molecule has 1 aliphatic heterocycles. The summed E-state index contributed by atoms with van der Waals surface area (Å²) in [6.07, 6.45) is 3.90. The monoisotopic (exact) mass is 410 g/mol. The highest BCUT2D eigenvalue weighted by molar-refractivity contribution is 5.97. The van der Waals surface area contributed by atoms with E-state index in [4.69, 9.17) is 4.74 Å². The van der Waals surface area contributed by atoms with Crippen molar-refractivity contribution in [2.45, 2.75) is 31.8 Å². The highest BCUT2D eigenvalue weighted by Gasteiger charge is 2.33. The molecule has 0 spiro atoms. The molecule has 1 N–H and O–H groups in total. The van der Waals surface area contributed by atoms with Crippen molar-refractivity contribution in [3.8, 4) is 0 Å². The topological polar surface area (TPSA) is 76.5 Å². The lowest BCUT2D eigenvalue weighted by Crippen LogP contribution is -2.58. The molecule has 5 rings (SSSR count). The van der Waals surface area contributed by atoms with Crippen molar-refractivity contribution in [1.82, 2.24) is 14.9 Å². The quantitative estimate of drug-likeness (QED) is 0.514. The number of nitrogens with zero attached hydrogens (tertiary/aromatic N) is 3. The van der Waals surface area contributed by atoms with Crippen LogP contribution < -0.4 is 15.6 Å². The molecule has 156 valence electrons. The maximum atomic E-state index is 14.8. The molecule has 2 aliphatic rings. The highest BCUT2D eigenvalue weighted by atomic mass is 19.1. The fourth-order valence-corrected chi connectivity index (χ4v) is 4.03. The minimum absolute atomic E-state index is 0.0557. The zero-order valence-corrected chi connectivity index (χ0v) is 16.9. The normalized spacial score (nSPS) is 16.8. The predicted octanol–water partition coefficient (Wildman–Crippen LogP) is 2.34. The van der Waals surface area contributed by atoms with Crippen molar-refractivity contribution in [2.24, 2.45) is 7.05 Å². The lowest BCUT2D eigenvalue weighted by Gasteiger charge is -2.41. The van der Waals surface area contributed by atoms with Crippen LogP contribution in [0.25, 0.3) is 21.9 Å². The van der Waals surface area contributed by atoms with E-state index >= 15 is 0 Å². The fourth-order valence-electron chi connectivity index (χ4n) is 4.03. The smallest absolute Gasteiger partial charge is 0.343 e. The molecule has 1 saturated heterocycles. The van der Waals surface area contributed by atoms with Crippen molar-refractivity contribution in [2.75, 3.05) is 24.6 Å². The second kappa shape index (κ2) is 7.05. The van der Waals surface area contributed by atoms with Crippen LogP contribution in [0, 0.1) is 5.82 Å². The van der Waals surface area contributed by atoms with Gasteiger partial charge in [-0.3, -0.25) is 4.79 Å². The van der Waals surface area contributed by atoms with Gasteiger partial charge in [0, 0.05) is 43.8 Å². The van der Waals surface area contributed by atoms with Crippen molar-refractivity contribution in [1.29, 1.82) is 0 Å². The molecule has 3 heterocycles. The molecule has 0 unspecified atom stereocenters. The van der Waals surface area contributed by atoms with Crippen molar-refractivity contribution in [3.05, 3.63) is 46.0 Å². The first-order valence-electron chi connectivity index (χ1n) is 10.3. The number of hydrogen-bond acceptors (Lipinski definition) is 6. The Balaban J connectivity index is 1.54. The van der Waals surface area contributed by atoms with Crippen LogP contribution in [0.3, 0.4) is 0 Å². The number of carbonyl (C=O) groups excluding carboxylic acids is 1. The number of ether oxygens (including phenoxy) is 1. The number of halogens is 1. The summed E-state index contributed by atoms with van der Waals surface area (Å²) in [5, 5.41) is 4.34. The predicted molar refractivity (Wildman–Crippen MR) is 113 cm³/mol. The van der Waals surface area contributed by atoms with Gasteiger partial charge in [-0.2, -0.15) is 0 Å². The average molecular weight is 410 g/mol.